The van der Waals surface area contributed by atoms with Crippen molar-refractivity contribution < 1.29 is 23.4 Å². The fourth-order valence-corrected chi connectivity index (χ4v) is 4.62. The number of imidazole rings is 1. The molecule has 0 unspecified atom stereocenters. The van der Waals surface area contributed by atoms with Crippen molar-refractivity contribution in [1.29, 1.82) is 0 Å². The number of carbonyl (C=O) groups excluding carboxylic acids is 1. The highest BCUT2D eigenvalue weighted by atomic mass is 32.2. The van der Waals surface area contributed by atoms with E-state index in [0.29, 0.717) is 39.8 Å². The molecule has 178 valence electrons. The monoisotopic (exact) mass is 483 g/mol. The Kier molecular flexibility index (Phi) is 6.60. The van der Waals surface area contributed by atoms with Crippen molar-refractivity contribution in [2.24, 2.45) is 14.1 Å². The maximum absolute atomic E-state index is 13.3. The minimum atomic E-state index is -0.362. The first-order valence-corrected chi connectivity index (χ1v) is 11.3. The van der Waals surface area contributed by atoms with Crippen LogP contribution in [0.15, 0.2) is 56.8 Å². The third-order valence-corrected chi connectivity index (χ3v) is 6.58. The van der Waals surface area contributed by atoms with E-state index in [4.69, 9.17) is 18.6 Å². The van der Waals surface area contributed by atoms with E-state index in [9.17, 15) is 9.59 Å². The van der Waals surface area contributed by atoms with Crippen LogP contribution in [0.25, 0.3) is 11.0 Å². The van der Waals surface area contributed by atoms with Crippen LogP contribution in [0.1, 0.15) is 16.1 Å². The van der Waals surface area contributed by atoms with Gasteiger partial charge in [0.2, 0.25) is 5.75 Å². The lowest BCUT2D eigenvalue weighted by molar-refractivity contribution is 0.102. The molecule has 0 bridgehead atoms. The lowest BCUT2D eigenvalue weighted by atomic mass is 10.1. The molecule has 1 N–H and O–H groups in total. The first-order chi connectivity index (χ1) is 16.4. The maximum Gasteiger partial charge on any atom is 0.328 e. The van der Waals surface area contributed by atoms with Gasteiger partial charge in [-0.3, -0.25) is 13.9 Å². The van der Waals surface area contributed by atoms with Crippen LogP contribution < -0.4 is 25.2 Å². The molecule has 9 nitrogen and oxygen atoms in total. The number of nitrogens with zero attached hydrogens (tertiary/aromatic N) is 2. The van der Waals surface area contributed by atoms with Crippen LogP contribution in [-0.2, 0) is 19.8 Å². The lowest BCUT2D eigenvalue weighted by Gasteiger charge is -2.15. The van der Waals surface area contributed by atoms with E-state index in [2.05, 4.69) is 5.32 Å². The number of ether oxygens (including phenoxy) is 3. The Morgan fingerprint density at radius 1 is 1.00 bits per heavy atom. The van der Waals surface area contributed by atoms with Crippen LogP contribution in [0.2, 0.25) is 0 Å². The molecule has 4 rings (SSSR count). The number of nitrogens with one attached hydrogen (secondary N) is 1. The molecule has 2 heterocycles. The van der Waals surface area contributed by atoms with Gasteiger partial charge in [-0.15, -0.1) is 11.8 Å². The van der Waals surface area contributed by atoms with Gasteiger partial charge in [-0.1, -0.05) is 0 Å². The summed E-state index contributed by atoms with van der Waals surface area (Å²) < 4.78 is 24.7. The standard InChI is InChI=1S/C24H25N3O6S/c1-26-17-11-16(25-23(28)14-9-19(30-3)22(32-5)20(10-14)31-4)21(12-18(17)27(2)24(26)29)34-13-15-7-6-8-33-15/h6-12H,13H2,1-5H3,(H,25,28). The summed E-state index contributed by atoms with van der Waals surface area (Å²) in [4.78, 5) is 26.5. The molecule has 1 amide bonds. The number of hydrogen-bond acceptors (Lipinski definition) is 7. The number of furan rings is 1. The molecule has 2 aromatic heterocycles. The Morgan fingerprint density at radius 2 is 1.65 bits per heavy atom. The molecule has 0 radical (unpaired) electrons. The molecule has 0 saturated carbocycles. The predicted octanol–water partition coefficient (Wildman–Crippen LogP) is 4.04. The van der Waals surface area contributed by atoms with Crippen molar-refractivity contribution in [3.05, 3.63) is 64.5 Å². The van der Waals surface area contributed by atoms with Crippen molar-refractivity contribution in [2.75, 3.05) is 26.6 Å². The topological polar surface area (TPSA) is 96.9 Å². The number of carbonyl (C=O) groups is 1. The third-order valence-electron chi connectivity index (χ3n) is 5.50. The molecule has 10 heteroatoms. The van der Waals surface area contributed by atoms with E-state index in [-0.39, 0.29) is 11.6 Å². The number of thioether (sulfide) groups is 1. The molecule has 0 aliphatic heterocycles. The van der Waals surface area contributed by atoms with Crippen LogP contribution in [0.5, 0.6) is 17.2 Å². The molecule has 0 saturated heterocycles. The normalized spacial score (nSPS) is 11.0. The largest absolute Gasteiger partial charge is 0.493 e. The summed E-state index contributed by atoms with van der Waals surface area (Å²) in [5.41, 5.74) is 2.22. The molecule has 0 aliphatic rings. The Balaban J connectivity index is 1.75. The predicted molar refractivity (Wildman–Crippen MR) is 130 cm³/mol. The fourth-order valence-electron chi connectivity index (χ4n) is 3.69. The highest BCUT2D eigenvalue weighted by Crippen LogP contribution is 2.39. The Hall–Kier alpha value is -3.79. The second-order valence-corrected chi connectivity index (χ2v) is 8.49. The fraction of sp³-hybridized carbons (Fsp3) is 0.250. The molecule has 34 heavy (non-hydrogen) atoms. The summed E-state index contributed by atoms with van der Waals surface area (Å²) in [6.45, 7) is 0. The molecule has 0 atom stereocenters. The van der Waals surface area contributed by atoms with Crippen molar-refractivity contribution in [3.8, 4) is 17.2 Å². The average Bonchev–Trinajstić information content (AvgIpc) is 3.45. The number of rotatable bonds is 8. The van der Waals surface area contributed by atoms with E-state index in [1.807, 2.05) is 18.2 Å². The van der Waals surface area contributed by atoms with Gasteiger partial charge in [-0.05, 0) is 36.4 Å². The minimum absolute atomic E-state index is 0.148. The van der Waals surface area contributed by atoms with E-state index in [0.717, 1.165) is 16.2 Å². The van der Waals surface area contributed by atoms with E-state index < -0.39 is 0 Å². The first kappa shape index (κ1) is 23.4. The summed E-state index contributed by atoms with van der Waals surface area (Å²) in [6, 6.07) is 10.6. The Bertz CT molecular complexity index is 1380. The van der Waals surface area contributed by atoms with Crippen LogP contribution >= 0.6 is 11.8 Å². The third kappa shape index (κ3) is 4.24. The zero-order chi connectivity index (χ0) is 24.4. The number of methoxy groups -OCH3 is 3. The van der Waals surface area contributed by atoms with Gasteiger partial charge in [0, 0.05) is 24.6 Å². The lowest BCUT2D eigenvalue weighted by Crippen LogP contribution is -2.19. The van der Waals surface area contributed by atoms with Crippen LogP contribution in [0.3, 0.4) is 0 Å². The summed E-state index contributed by atoms with van der Waals surface area (Å²) in [5.74, 6) is 2.15. The van der Waals surface area contributed by atoms with Gasteiger partial charge < -0.3 is 23.9 Å². The highest BCUT2D eigenvalue weighted by Gasteiger charge is 2.20. The molecule has 4 aromatic rings. The second kappa shape index (κ2) is 9.60. The molecule has 0 spiro atoms. The van der Waals surface area contributed by atoms with E-state index >= 15 is 0 Å². The Labute approximate surface area is 200 Å². The van der Waals surface area contributed by atoms with Crippen LogP contribution in [0.4, 0.5) is 5.69 Å². The molecule has 2 aromatic carbocycles. The maximum atomic E-state index is 13.3. The van der Waals surface area contributed by atoms with Gasteiger partial charge in [0.05, 0.1) is 50.1 Å². The smallest absolute Gasteiger partial charge is 0.328 e. The molecular formula is C24H25N3O6S. The number of hydrogen-bond donors (Lipinski definition) is 1. The Morgan fingerprint density at radius 3 is 2.21 bits per heavy atom. The summed E-state index contributed by atoms with van der Waals surface area (Å²) in [5, 5.41) is 2.98. The zero-order valence-corrected chi connectivity index (χ0v) is 20.3. The van der Waals surface area contributed by atoms with Gasteiger partial charge in [-0.25, -0.2) is 4.79 Å². The first-order valence-electron chi connectivity index (χ1n) is 10.3. The number of fused-ring (bicyclic) bond motifs is 1. The minimum Gasteiger partial charge on any atom is -0.493 e. The number of amides is 1. The van der Waals surface area contributed by atoms with Gasteiger partial charge in [0.1, 0.15) is 5.76 Å². The number of aryl methyl sites for hydroxylation is 2. The van der Waals surface area contributed by atoms with Gasteiger partial charge >= 0.3 is 5.69 Å². The van der Waals surface area contributed by atoms with E-state index in [1.54, 1.807) is 47.7 Å². The number of benzene rings is 2. The average molecular weight is 484 g/mol. The quantitative estimate of drug-likeness (QED) is 0.378. The molecule has 0 fully saturated rings. The SMILES string of the molecule is COc1cc(C(=O)Nc2cc3c(cc2SCc2ccco2)n(C)c(=O)n3C)cc(OC)c1OC. The highest BCUT2D eigenvalue weighted by molar-refractivity contribution is 7.98. The van der Waals surface area contributed by atoms with Crippen molar-refractivity contribution in [2.45, 2.75) is 10.6 Å². The van der Waals surface area contributed by atoms with Gasteiger partial charge in [0.15, 0.2) is 11.5 Å². The second-order valence-electron chi connectivity index (χ2n) is 7.47. The van der Waals surface area contributed by atoms with Gasteiger partial charge in [0.25, 0.3) is 5.91 Å². The zero-order valence-electron chi connectivity index (χ0n) is 19.5. The number of aromatic nitrogens is 2. The number of anilines is 1. The molecule has 0 aliphatic carbocycles. The van der Waals surface area contributed by atoms with Gasteiger partial charge in [-0.2, -0.15) is 0 Å². The van der Waals surface area contributed by atoms with Crippen molar-refractivity contribution >= 4 is 34.4 Å². The summed E-state index contributed by atoms with van der Waals surface area (Å²) in [6.07, 6.45) is 1.62. The van der Waals surface area contributed by atoms with Crippen molar-refractivity contribution in [1.82, 2.24) is 9.13 Å². The molecular weight excluding hydrogens is 458 g/mol. The summed E-state index contributed by atoms with van der Waals surface area (Å²) >= 11 is 1.50. The van der Waals surface area contributed by atoms with Crippen molar-refractivity contribution in [3.63, 3.8) is 0 Å². The summed E-state index contributed by atoms with van der Waals surface area (Å²) in [7, 11) is 7.91. The van der Waals surface area contributed by atoms with Crippen LogP contribution in [-0.4, -0.2) is 36.4 Å². The van der Waals surface area contributed by atoms with Crippen LogP contribution in [0, 0.1) is 0 Å². The van der Waals surface area contributed by atoms with E-state index in [1.165, 1.54) is 33.1 Å².